The van der Waals surface area contributed by atoms with Gasteiger partial charge in [0, 0.05) is 42.8 Å². The van der Waals surface area contributed by atoms with Crippen molar-refractivity contribution in [1.29, 1.82) is 0 Å². The second-order valence-corrected chi connectivity index (χ2v) is 8.11. The highest BCUT2D eigenvalue weighted by Crippen LogP contribution is 2.19. The maximum absolute atomic E-state index is 13.9. The molecule has 29 heavy (non-hydrogen) atoms. The molecular formula is C22H22BrFN4O. The van der Waals surface area contributed by atoms with Gasteiger partial charge in [0.15, 0.2) is 0 Å². The van der Waals surface area contributed by atoms with Crippen molar-refractivity contribution in [2.45, 2.75) is 13.5 Å². The molecule has 1 aromatic heterocycles. The molecule has 1 fully saturated rings. The molecule has 3 aromatic rings. The SMILES string of the molecule is Cc1c(C(=O)N2CCN(Cc3ccccc3F)CC2)cnn1-c1ccc(Br)cc1. The fourth-order valence-corrected chi connectivity index (χ4v) is 3.87. The number of hydrogen-bond donors (Lipinski definition) is 0. The molecule has 0 atom stereocenters. The van der Waals surface area contributed by atoms with Crippen LogP contribution in [0.5, 0.6) is 0 Å². The summed E-state index contributed by atoms with van der Waals surface area (Å²) >= 11 is 3.43. The van der Waals surface area contributed by atoms with Gasteiger partial charge >= 0.3 is 0 Å². The standard InChI is InChI=1S/C22H22BrFN4O/c1-16-20(14-25-28(16)19-8-6-18(23)7-9-19)22(29)27-12-10-26(11-13-27)15-17-4-2-3-5-21(17)24/h2-9,14H,10-13,15H2,1H3. The van der Waals surface area contributed by atoms with Crippen molar-refractivity contribution in [2.24, 2.45) is 0 Å². The van der Waals surface area contributed by atoms with Crippen LogP contribution in [0, 0.1) is 12.7 Å². The third-order valence-corrected chi connectivity index (χ3v) is 5.85. The number of halogens is 2. The molecule has 0 N–H and O–H groups in total. The number of hydrogen-bond acceptors (Lipinski definition) is 3. The Hall–Kier alpha value is -2.51. The maximum atomic E-state index is 13.9. The van der Waals surface area contributed by atoms with Crippen molar-refractivity contribution in [2.75, 3.05) is 26.2 Å². The highest BCUT2D eigenvalue weighted by molar-refractivity contribution is 9.10. The van der Waals surface area contributed by atoms with Gasteiger partial charge in [0.05, 0.1) is 23.1 Å². The van der Waals surface area contributed by atoms with Gasteiger partial charge in [-0.3, -0.25) is 9.69 Å². The first kappa shape index (κ1) is 19.8. The van der Waals surface area contributed by atoms with Gasteiger partial charge in [0.2, 0.25) is 0 Å². The molecule has 1 saturated heterocycles. The van der Waals surface area contributed by atoms with E-state index in [0.29, 0.717) is 30.8 Å². The van der Waals surface area contributed by atoms with Gasteiger partial charge in [-0.1, -0.05) is 34.1 Å². The largest absolute Gasteiger partial charge is 0.336 e. The Labute approximate surface area is 177 Å². The van der Waals surface area contributed by atoms with Crippen LogP contribution in [-0.2, 0) is 6.54 Å². The summed E-state index contributed by atoms with van der Waals surface area (Å²) in [6, 6.07) is 14.7. The summed E-state index contributed by atoms with van der Waals surface area (Å²) in [5, 5.41) is 4.41. The van der Waals surface area contributed by atoms with E-state index in [9.17, 15) is 9.18 Å². The minimum Gasteiger partial charge on any atom is -0.336 e. The number of amides is 1. The van der Waals surface area contributed by atoms with Gasteiger partial charge in [-0.2, -0.15) is 5.10 Å². The minimum atomic E-state index is -0.179. The Kier molecular flexibility index (Phi) is 5.78. The van der Waals surface area contributed by atoms with Crippen molar-refractivity contribution in [3.63, 3.8) is 0 Å². The second-order valence-electron chi connectivity index (χ2n) is 7.19. The molecule has 0 spiro atoms. The summed E-state index contributed by atoms with van der Waals surface area (Å²) < 4.78 is 16.7. The van der Waals surface area contributed by atoms with Crippen LogP contribution >= 0.6 is 15.9 Å². The van der Waals surface area contributed by atoms with E-state index < -0.39 is 0 Å². The van der Waals surface area contributed by atoms with Crippen LogP contribution < -0.4 is 0 Å². The molecular weight excluding hydrogens is 435 g/mol. The molecule has 2 heterocycles. The van der Waals surface area contributed by atoms with E-state index >= 15 is 0 Å². The molecule has 150 valence electrons. The average Bonchev–Trinajstić information content (AvgIpc) is 3.12. The molecule has 7 heteroatoms. The van der Waals surface area contributed by atoms with Crippen LogP contribution in [0.15, 0.2) is 59.2 Å². The third-order valence-electron chi connectivity index (χ3n) is 5.32. The Balaban J connectivity index is 1.41. The molecule has 5 nitrogen and oxygen atoms in total. The second kappa shape index (κ2) is 8.47. The Bertz CT molecular complexity index is 1010. The van der Waals surface area contributed by atoms with Gasteiger partial charge in [0.25, 0.3) is 5.91 Å². The number of aromatic nitrogens is 2. The number of benzene rings is 2. The van der Waals surface area contributed by atoms with Crippen LogP contribution in [0.1, 0.15) is 21.6 Å². The number of rotatable bonds is 4. The predicted octanol–water partition coefficient (Wildman–Crippen LogP) is 4.04. The molecule has 1 aliphatic heterocycles. The molecule has 0 aliphatic carbocycles. The molecule has 2 aromatic carbocycles. The van der Waals surface area contributed by atoms with E-state index in [4.69, 9.17) is 0 Å². The Morgan fingerprint density at radius 3 is 2.45 bits per heavy atom. The number of nitrogens with zero attached hydrogens (tertiary/aromatic N) is 4. The average molecular weight is 457 g/mol. The molecule has 1 amide bonds. The van der Waals surface area contributed by atoms with Gasteiger partial charge in [-0.05, 0) is 37.3 Å². The lowest BCUT2D eigenvalue weighted by Gasteiger charge is -2.34. The zero-order valence-electron chi connectivity index (χ0n) is 16.2. The lowest BCUT2D eigenvalue weighted by atomic mass is 10.1. The van der Waals surface area contributed by atoms with E-state index in [1.165, 1.54) is 6.07 Å². The fraction of sp³-hybridized carbons (Fsp3) is 0.273. The summed E-state index contributed by atoms with van der Waals surface area (Å²) in [6.07, 6.45) is 1.64. The quantitative estimate of drug-likeness (QED) is 0.594. The first-order chi connectivity index (χ1) is 14.0. The van der Waals surface area contributed by atoms with Gasteiger partial charge in [-0.25, -0.2) is 9.07 Å². The van der Waals surface area contributed by atoms with Crippen LogP contribution in [-0.4, -0.2) is 51.7 Å². The van der Waals surface area contributed by atoms with E-state index in [2.05, 4.69) is 25.9 Å². The highest BCUT2D eigenvalue weighted by Gasteiger charge is 2.25. The Morgan fingerprint density at radius 1 is 1.07 bits per heavy atom. The molecule has 0 unspecified atom stereocenters. The van der Waals surface area contributed by atoms with E-state index in [1.54, 1.807) is 16.9 Å². The summed E-state index contributed by atoms with van der Waals surface area (Å²) in [5.74, 6) is -0.182. The van der Waals surface area contributed by atoms with Crippen molar-refractivity contribution in [3.8, 4) is 5.69 Å². The normalized spacial score (nSPS) is 14.9. The zero-order chi connectivity index (χ0) is 20.4. The van der Waals surface area contributed by atoms with Crippen LogP contribution in [0.25, 0.3) is 5.69 Å². The monoisotopic (exact) mass is 456 g/mol. The number of carbonyl (C=O) groups excluding carboxylic acids is 1. The molecule has 0 radical (unpaired) electrons. The third kappa shape index (κ3) is 4.26. The molecule has 0 bridgehead atoms. The summed E-state index contributed by atoms with van der Waals surface area (Å²) in [5.41, 5.74) is 3.06. The van der Waals surface area contributed by atoms with E-state index in [-0.39, 0.29) is 11.7 Å². The van der Waals surface area contributed by atoms with E-state index in [0.717, 1.165) is 28.9 Å². The predicted molar refractivity (Wildman–Crippen MR) is 114 cm³/mol. The van der Waals surface area contributed by atoms with Crippen LogP contribution in [0.3, 0.4) is 0 Å². The molecule has 4 rings (SSSR count). The van der Waals surface area contributed by atoms with Gasteiger partial charge < -0.3 is 4.90 Å². The minimum absolute atomic E-state index is 0.00333. The van der Waals surface area contributed by atoms with Crippen molar-refractivity contribution in [1.82, 2.24) is 19.6 Å². The van der Waals surface area contributed by atoms with E-state index in [1.807, 2.05) is 48.2 Å². The highest BCUT2D eigenvalue weighted by atomic mass is 79.9. The summed E-state index contributed by atoms with van der Waals surface area (Å²) in [7, 11) is 0. The topological polar surface area (TPSA) is 41.4 Å². The lowest BCUT2D eigenvalue weighted by Crippen LogP contribution is -2.48. The first-order valence-corrected chi connectivity index (χ1v) is 10.4. The van der Waals surface area contributed by atoms with Gasteiger partial charge in [-0.15, -0.1) is 0 Å². The maximum Gasteiger partial charge on any atom is 0.257 e. The lowest BCUT2D eigenvalue weighted by molar-refractivity contribution is 0.0626. The van der Waals surface area contributed by atoms with Crippen molar-refractivity contribution in [3.05, 3.63) is 81.8 Å². The zero-order valence-corrected chi connectivity index (χ0v) is 17.8. The van der Waals surface area contributed by atoms with Crippen LogP contribution in [0.4, 0.5) is 4.39 Å². The number of piperazine rings is 1. The number of carbonyl (C=O) groups is 1. The Morgan fingerprint density at radius 2 is 1.76 bits per heavy atom. The van der Waals surface area contributed by atoms with Crippen LogP contribution in [0.2, 0.25) is 0 Å². The smallest absolute Gasteiger partial charge is 0.257 e. The summed E-state index contributed by atoms with van der Waals surface area (Å²) in [6.45, 7) is 5.16. The van der Waals surface area contributed by atoms with Crippen molar-refractivity contribution < 1.29 is 9.18 Å². The molecule has 0 saturated carbocycles. The summed E-state index contributed by atoms with van der Waals surface area (Å²) in [4.78, 5) is 17.1. The molecule has 1 aliphatic rings. The fourth-order valence-electron chi connectivity index (χ4n) is 3.61. The van der Waals surface area contributed by atoms with Gasteiger partial charge in [0.1, 0.15) is 5.82 Å². The first-order valence-electron chi connectivity index (χ1n) is 9.58. The van der Waals surface area contributed by atoms with Crippen molar-refractivity contribution >= 4 is 21.8 Å².